The third-order valence-corrected chi connectivity index (χ3v) is 5.65. The van der Waals surface area contributed by atoms with Crippen molar-refractivity contribution in [2.45, 2.75) is 13.3 Å². The van der Waals surface area contributed by atoms with E-state index < -0.39 is 5.97 Å². The van der Waals surface area contributed by atoms with Crippen LogP contribution in [-0.2, 0) is 16.0 Å². The number of benzene rings is 2. The largest absolute Gasteiger partial charge is 0.497 e. The number of rotatable bonds is 4. The summed E-state index contributed by atoms with van der Waals surface area (Å²) < 4.78 is 21.4. The van der Waals surface area contributed by atoms with E-state index in [-0.39, 0.29) is 19.3 Å². The molecule has 5 rings (SSSR count). The second-order valence-corrected chi connectivity index (χ2v) is 7.47. The van der Waals surface area contributed by atoms with E-state index in [1.54, 1.807) is 43.3 Å². The van der Waals surface area contributed by atoms with E-state index in [2.05, 4.69) is 4.98 Å². The molecule has 164 valence electrons. The summed E-state index contributed by atoms with van der Waals surface area (Å²) in [6.45, 7) is 2.51. The highest BCUT2D eigenvalue weighted by Gasteiger charge is 2.28. The topological polar surface area (TPSA) is 90.1 Å². The average molecular weight is 434 g/mol. The Bertz CT molecular complexity index is 1260. The first-order valence-corrected chi connectivity index (χ1v) is 10.4. The third kappa shape index (κ3) is 3.33. The maximum atomic E-state index is 13.3. The Kier molecular flexibility index (Phi) is 4.97. The molecule has 0 saturated carbocycles. The maximum absolute atomic E-state index is 13.3. The summed E-state index contributed by atoms with van der Waals surface area (Å²) in [5.41, 5.74) is 3.25. The zero-order valence-electron chi connectivity index (χ0n) is 17.8. The number of nitrogens with zero attached hydrogens (tertiary/aromatic N) is 1. The molecule has 2 aromatic carbocycles. The van der Waals surface area contributed by atoms with Crippen LogP contribution in [0.1, 0.15) is 28.5 Å². The fourth-order valence-electron chi connectivity index (χ4n) is 4.08. The minimum absolute atomic E-state index is 0.134. The molecule has 0 unspecified atom stereocenters. The van der Waals surface area contributed by atoms with Crippen molar-refractivity contribution in [1.82, 2.24) is 9.88 Å². The first-order chi connectivity index (χ1) is 15.6. The predicted molar refractivity (Wildman–Crippen MR) is 117 cm³/mol. The van der Waals surface area contributed by atoms with Crippen LogP contribution in [0.2, 0.25) is 0 Å². The van der Waals surface area contributed by atoms with Crippen LogP contribution in [0.15, 0.2) is 42.6 Å². The number of hydrogen-bond acceptors (Lipinski definition) is 6. The number of nitrogens with one attached hydrogen (secondary N) is 1. The summed E-state index contributed by atoms with van der Waals surface area (Å²) in [6, 6.07) is 10.8. The summed E-state index contributed by atoms with van der Waals surface area (Å²) in [4.78, 5) is 31.1. The van der Waals surface area contributed by atoms with Crippen LogP contribution in [0.4, 0.5) is 0 Å². The van der Waals surface area contributed by atoms with E-state index in [9.17, 15) is 9.59 Å². The van der Waals surface area contributed by atoms with Gasteiger partial charge in [-0.3, -0.25) is 4.79 Å². The quantitative estimate of drug-likeness (QED) is 0.632. The normalized spacial score (nSPS) is 14.6. The SMILES string of the molecule is CCOC(=O)C1=CN(C(=O)c2ccc3c(c2)OCO3)CCc2c1[nH]c1ccc(OC)cc21. The van der Waals surface area contributed by atoms with Crippen molar-refractivity contribution in [3.05, 3.63) is 59.4 Å². The Morgan fingerprint density at radius 2 is 1.97 bits per heavy atom. The van der Waals surface area contributed by atoms with Crippen molar-refractivity contribution in [3.63, 3.8) is 0 Å². The van der Waals surface area contributed by atoms with Crippen molar-refractivity contribution in [3.8, 4) is 17.2 Å². The highest BCUT2D eigenvalue weighted by molar-refractivity contribution is 6.18. The molecule has 2 aliphatic rings. The molecule has 1 amide bonds. The van der Waals surface area contributed by atoms with Gasteiger partial charge in [-0.1, -0.05) is 0 Å². The number of fused-ring (bicyclic) bond motifs is 4. The smallest absolute Gasteiger partial charge is 0.341 e. The Hall–Kier alpha value is -3.94. The number of esters is 1. The number of H-pyrrole nitrogens is 1. The summed E-state index contributed by atoms with van der Waals surface area (Å²) in [5.74, 6) is 1.13. The summed E-state index contributed by atoms with van der Waals surface area (Å²) >= 11 is 0. The van der Waals surface area contributed by atoms with Gasteiger partial charge in [-0.15, -0.1) is 0 Å². The number of carbonyl (C=O) groups excluding carboxylic acids is 2. The highest BCUT2D eigenvalue weighted by atomic mass is 16.7. The van der Waals surface area contributed by atoms with Crippen LogP contribution < -0.4 is 14.2 Å². The molecule has 32 heavy (non-hydrogen) atoms. The minimum Gasteiger partial charge on any atom is -0.497 e. The molecule has 3 aromatic rings. The van der Waals surface area contributed by atoms with E-state index in [0.29, 0.717) is 41.3 Å². The average Bonchev–Trinajstić information content (AvgIpc) is 3.37. The number of methoxy groups -OCH3 is 1. The van der Waals surface area contributed by atoms with Gasteiger partial charge in [-0.05, 0) is 55.3 Å². The second-order valence-electron chi connectivity index (χ2n) is 7.47. The fourth-order valence-corrected chi connectivity index (χ4v) is 4.08. The first kappa shape index (κ1) is 20.0. The van der Waals surface area contributed by atoms with Crippen LogP contribution in [0, 0.1) is 0 Å². The van der Waals surface area contributed by atoms with Crippen molar-refractivity contribution >= 4 is 28.4 Å². The number of hydrogen-bond donors (Lipinski definition) is 1. The first-order valence-electron chi connectivity index (χ1n) is 10.4. The van der Waals surface area contributed by atoms with Crippen LogP contribution in [0.3, 0.4) is 0 Å². The van der Waals surface area contributed by atoms with Crippen LogP contribution in [0.5, 0.6) is 17.2 Å². The number of carbonyl (C=O) groups is 2. The Labute approximate surface area is 184 Å². The standard InChI is InChI=1S/C24H22N2O6/c1-3-30-24(28)18-12-26(23(27)14-4-7-20-21(10-14)32-13-31-20)9-8-16-17-11-15(29-2)5-6-19(17)25-22(16)18/h4-7,10-12,25H,3,8-9,13H2,1-2H3. The molecule has 0 spiro atoms. The fraction of sp³-hybridized carbons (Fsp3) is 0.250. The molecule has 0 bridgehead atoms. The van der Waals surface area contributed by atoms with E-state index >= 15 is 0 Å². The molecule has 2 aliphatic heterocycles. The monoisotopic (exact) mass is 434 g/mol. The molecule has 3 heterocycles. The molecule has 0 atom stereocenters. The van der Waals surface area contributed by atoms with Crippen molar-refractivity contribution in [1.29, 1.82) is 0 Å². The van der Waals surface area contributed by atoms with Gasteiger partial charge in [0.25, 0.3) is 5.91 Å². The zero-order chi connectivity index (χ0) is 22.2. The zero-order valence-corrected chi connectivity index (χ0v) is 17.8. The molecule has 1 N–H and O–H groups in total. The van der Waals surface area contributed by atoms with Crippen LogP contribution in [0.25, 0.3) is 16.5 Å². The van der Waals surface area contributed by atoms with Gasteiger partial charge in [0, 0.05) is 29.2 Å². The van der Waals surface area contributed by atoms with E-state index in [1.165, 1.54) is 0 Å². The molecule has 8 nitrogen and oxygen atoms in total. The Morgan fingerprint density at radius 3 is 2.78 bits per heavy atom. The molecule has 0 radical (unpaired) electrons. The van der Waals surface area contributed by atoms with E-state index in [0.717, 1.165) is 22.2 Å². The summed E-state index contributed by atoms with van der Waals surface area (Å²) in [6.07, 6.45) is 2.13. The summed E-state index contributed by atoms with van der Waals surface area (Å²) in [7, 11) is 1.61. The van der Waals surface area contributed by atoms with Crippen LogP contribution >= 0.6 is 0 Å². The third-order valence-electron chi connectivity index (χ3n) is 5.65. The lowest BCUT2D eigenvalue weighted by molar-refractivity contribution is -0.136. The summed E-state index contributed by atoms with van der Waals surface area (Å²) in [5, 5.41) is 0.951. The predicted octanol–water partition coefficient (Wildman–Crippen LogP) is 3.51. The Balaban J connectivity index is 1.57. The molecule has 0 fully saturated rings. The molecule has 0 saturated heterocycles. The maximum Gasteiger partial charge on any atom is 0.341 e. The lowest BCUT2D eigenvalue weighted by atomic mass is 10.0. The van der Waals surface area contributed by atoms with Gasteiger partial charge in [0.2, 0.25) is 6.79 Å². The number of aromatic amines is 1. The lowest BCUT2D eigenvalue weighted by Crippen LogP contribution is -2.28. The van der Waals surface area contributed by atoms with E-state index in [1.807, 2.05) is 18.2 Å². The molecule has 0 aliphatic carbocycles. The molecule has 1 aromatic heterocycles. The van der Waals surface area contributed by atoms with Crippen molar-refractivity contribution in [2.24, 2.45) is 0 Å². The van der Waals surface area contributed by atoms with Gasteiger partial charge >= 0.3 is 5.97 Å². The second kappa shape index (κ2) is 7.96. The molecular weight excluding hydrogens is 412 g/mol. The van der Waals surface area contributed by atoms with Gasteiger partial charge in [-0.2, -0.15) is 0 Å². The molecule has 8 heteroatoms. The molecular formula is C24H22N2O6. The minimum atomic E-state index is -0.488. The number of ether oxygens (including phenoxy) is 4. The van der Waals surface area contributed by atoms with Gasteiger partial charge in [-0.25, -0.2) is 4.79 Å². The van der Waals surface area contributed by atoms with Gasteiger partial charge < -0.3 is 28.8 Å². The number of amides is 1. The number of aromatic nitrogens is 1. The van der Waals surface area contributed by atoms with Gasteiger partial charge in [0.1, 0.15) is 5.75 Å². The Morgan fingerprint density at radius 1 is 1.12 bits per heavy atom. The highest BCUT2D eigenvalue weighted by Crippen LogP contribution is 2.35. The van der Waals surface area contributed by atoms with E-state index in [4.69, 9.17) is 18.9 Å². The van der Waals surface area contributed by atoms with Gasteiger partial charge in [0.15, 0.2) is 11.5 Å². The lowest BCUT2D eigenvalue weighted by Gasteiger charge is -2.18. The van der Waals surface area contributed by atoms with Crippen molar-refractivity contribution in [2.75, 3.05) is 27.1 Å². The van der Waals surface area contributed by atoms with Gasteiger partial charge in [0.05, 0.1) is 25.0 Å². The van der Waals surface area contributed by atoms with Crippen molar-refractivity contribution < 1.29 is 28.5 Å². The van der Waals surface area contributed by atoms with Crippen LogP contribution in [-0.4, -0.2) is 48.8 Å².